The molecule has 1 aliphatic carbocycles. The third-order valence-corrected chi connectivity index (χ3v) is 8.24. The number of fused-ring (bicyclic) bond motifs is 1. The molecule has 5 aromatic rings. The van der Waals surface area contributed by atoms with Crippen LogP contribution in [-0.2, 0) is 23.1 Å². The van der Waals surface area contributed by atoms with E-state index in [9.17, 15) is 4.79 Å². The first-order valence-electron chi connectivity index (χ1n) is 12.3. The predicted octanol–water partition coefficient (Wildman–Crippen LogP) is 6.31. The summed E-state index contributed by atoms with van der Waals surface area (Å²) in [4.78, 5) is 26.7. The summed E-state index contributed by atoms with van der Waals surface area (Å²) in [7, 11) is 0. The minimum atomic E-state index is -0.430. The van der Waals surface area contributed by atoms with Gasteiger partial charge in [-0.05, 0) is 64.1 Å². The van der Waals surface area contributed by atoms with Crippen LogP contribution in [0.15, 0.2) is 103 Å². The molecule has 0 aliphatic heterocycles. The molecule has 5 nitrogen and oxygen atoms in total. The van der Waals surface area contributed by atoms with Crippen molar-refractivity contribution < 1.29 is 4.79 Å². The molecule has 6 heteroatoms. The van der Waals surface area contributed by atoms with Gasteiger partial charge in [-0.15, -0.1) is 11.3 Å². The zero-order valence-corrected chi connectivity index (χ0v) is 21.3. The average Bonchev–Trinajstić information content (AvgIpc) is 3.52. The molecule has 2 atom stereocenters. The van der Waals surface area contributed by atoms with E-state index < -0.39 is 5.41 Å². The van der Waals surface area contributed by atoms with Gasteiger partial charge in [0.2, 0.25) is 5.91 Å². The van der Waals surface area contributed by atoms with Gasteiger partial charge in [0, 0.05) is 42.0 Å². The first kappa shape index (κ1) is 23.3. The summed E-state index contributed by atoms with van der Waals surface area (Å²) in [6.45, 7) is 2.17. The zero-order chi connectivity index (χ0) is 25.2. The standard InChI is InChI=1S/C31H26N4OS/c1-31(25-12-16-33-17-13-25)27-5-3-2-4-24(27)19-28(31)29(36)35-30-34-26(20-37-30)18-21-6-8-22(9-7-21)23-10-14-32-15-11-23/h2-17,20,28H,18-19H2,1H3,(H,34,35,36). The van der Waals surface area contributed by atoms with Crippen LogP contribution in [0.5, 0.6) is 0 Å². The molecule has 182 valence electrons. The second kappa shape index (κ2) is 9.71. The van der Waals surface area contributed by atoms with Crippen LogP contribution in [0.25, 0.3) is 11.1 Å². The van der Waals surface area contributed by atoms with E-state index in [0.29, 0.717) is 18.0 Å². The number of amides is 1. The van der Waals surface area contributed by atoms with Crippen LogP contribution in [0, 0.1) is 5.92 Å². The van der Waals surface area contributed by atoms with E-state index in [1.807, 2.05) is 35.7 Å². The zero-order valence-electron chi connectivity index (χ0n) is 20.5. The van der Waals surface area contributed by atoms with E-state index in [4.69, 9.17) is 4.98 Å². The van der Waals surface area contributed by atoms with Crippen molar-refractivity contribution in [3.63, 3.8) is 0 Å². The fourth-order valence-corrected chi connectivity index (χ4v) is 6.15. The average molecular weight is 503 g/mol. The van der Waals surface area contributed by atoms with Crippen LogP contribution in [0.1, 0.15) is 34.9 Å². The molecule has 2 aromatic carbocycles. The van der Waals surface area contributed by atoms with E-state index in [1.165, 1.54) is 28.0 Å². The third kappa shape index (κ3) is 4.45. The van der Waals surface area contributed by atoms with Crippen LogP contribution in [0.3, 0.4) is 0 Å². The van der Waals surface area contributed by atoms with Gasteiger partial charge in [0.15, 0.2) is 5.13 Å². The quantitative estimate of drug-likeness (QED) is 0.296. The number of anilines is 1. The highest BCUT2D eigenvalue weighted by atomic mass is 32.1. The van der Waals surface area contributed by atoms with Crippen molar-refractivity contribution in [3.05, 3.63) is 131 Å². The lowest BCUT2D eigenvalue weighted by Gasteiger charge is -2.32. The number of benzene rings is 2. The molecule has 3 aromatic heterocycles. The highest BCUT2D eigenvalue weighted by Crippen LogP contribution is 2.48. The summed E-state index contributed by atoms with van der Waals surface area (Å²) < 4.78 is 0. The molecular formula is C31H26N4OS. The Hall–Kier alpha value is -4.16. The summed E-state index contributed by atoms with van der Waals surface area (Å²) in [6, 6.07) is 24.9. The van der Waals surface area contributed by atoms with Crippen molar-refractivity contribution in [2.24, 2.45) is 5.92 Å². The summed E-state index contributed by atoms with van der Waals surface area (Å²) in [5.41, 5.74) is 7.53. The minimum absolute atomic E-state index is 0.00174. The van der Waals surface area contributed by atoms with Gasteiger partial charge in [0.1, 0.15) is 0 Å². The maximum atomic E-state index is 13.6. The minimum Gasteiger partial charge on any atom is -0.302 e. The Morgan fingerprint density at radius 3 is 2.35 bits per heavy atom. The molecule has 1 N–H and O–H groups in total. The van der Waals surface area contributed by atoms with Crippen molar-refractivity contribution >= 4 is 22.4 Å². The van der Waals surface area contributed by atoms with Gasteiger partial charge in [-0.2, -0.15) is 0 Å². The number of nitrogens with one attached hydrogen (secondary N) is 1. The number of hydrogen-bond donors (Lipinski definition) is 1. The topological polar surface area (TPSA) is 67.8 Å². The smallest absolute Gasteiger partial charge is 0.230 e. The fraction of sp³-hybridized carbons (Fsp3) is 0.161. The molecule has 0 saturated carbocycles. The number of thiazole rings is 1. The Labute approximate surface area is 220 Å². The van der Waals surface area contributed by atoms with Gasteiger partial charge in [-0.3, -0.25) is 14.8 Å². The Bertz CT molecular complexity index is 1530. The molecule has 1 amide bonds. The Kier molecular flexibility index (Phi) is 6.10. The van der Waals surface area contributed by atoms with Gasteiger partial charge in [0.25, 0.3) is 0 Å². The highest BCUT2D eigenvalue weighted by Gasteiger charge is 2.48. The summed E-state index contributed by atoms with van der Waals surface area (Å²) in [6.07, 6.45) is 8.62. The van der Waals surface area contributed by atoms with Gasteiger partial charge >= 0.3 is 0 Å². The van der Waals surface area contributed by atoms with E-state index in [1.54, 1.807) is 24.8 Å². The Balaban J connectivity index is 1.18. The predicted molar refractivity (Wildman–Crippen MR) is 148 cm³/mol. The first-order chi connectivity index (χ1) is 18.1. The lowest BCUT2D eigenvalue weighted by Crippen LogP contribution is -2.38. The molecule has 0 spiro atoms. The molecule has 37 heavy (non-hydrogen) atoms. The van der Waals surface area contributed by atoms with Crippen molar-refractivity contribution in [1.29, 1.82) is 0 Å². The number of carbonyl (C=O) groups excluding carboxylic acids is 1. The van der Waals surface area contributed by atoms with E-state index >= 15 is 0 Å². The van der Waals surface area contributed by atoms with Crippen molar-refractivity contribution in [2.45, 2.75) is 25.2 Å². The van der Waals surface area contributed by atoms with Crippen molar-refractivity contribution in [1.82, 2.24) is 15.0 Å². The third-order valence-electron chi connectivity index (χ3n) is 7.43. The van der Waals surface area contributed by atoms with Gasteiger partial charge in [-0.25, -0.2) is 4.98 Å². The van der Waals surface area contributed by atoms with Crippen LogP contribution in [-0.4, -0.2) is 20.9 Å². The molecule has 0 fully saturated rings. The molecule has 0 bridgehead atoms. The van der Waals surface area contributed by atoms with Crippen LogP contribution < -0.4 is 5.32 Å². The molecule has 1 aliphatic rings. The lowest BCUT2D eigenvalue weighted by atomic mass is 9.71. The maximum absolute atomic E-state index is 13.6. The molecule has 3 heterocycles. The fourth-order valence-electron chi connectivity index (χ4n) is 5.43. The second-order valence-corrected chi connectivity index (χ2v) is 10.5. The summed E-state index contributed by atoms with van der Waals surface area (Å²) >= 11 is 1.48. The SMILES string of the molecule is CC1(c2ccncc2)c2ccccc2CC1C(=O)Nc1nc(Cc2ccc(-c3ccncc3)cc2)cs1. The Morgan fingerprint density at radius 2 is 1.59 bits per heavy atom. The van der Waals surface area contributed by atoms with Crippen molar-refractivity contribution in [2.75, 3.05) is 5.32 Å². The second-order valence-electron chi connectivity index (χ2n) is 9.59. The van der Waals surface area contributed by atoms with Crippen LogP contribution in [0.2, 0.25) is 0 Å². The molecule has 6 rings (SSSR count). The number of hydrogen-bond acceptors (Lipinski definition) is 5. The van der Waals surface area contributed by atoms with Crippen LogP contribution in [0.4, 0.5) is 5.13 Å². The molecule has 0 radical (unpaired) electrons. The molecular weight excluding hydrogens is 476 g/mol. The van der Waals surface area contributed by atoms with E-state index in [0.717, 1.165) is 22.4 Å². The lowest BCUT2D eigenvalue weighted by molar-refractivity contribution is -0.121. The number of pyridine rings is 2. The monoisotopic (exact) mass is 502 g/mol. The van der Waals surface area contributed by atoms with Crippen molar-refractivity contribution in [3.8, 4) is 11.1 Å². The number of carbonyl (C=O) groups is 1. The van der Waals surface area contributed by atoms with Crippen LogP contribution >= 0.6 is 11.3 Å². The Morgan fingerprint density at radius 1 is 0.919 bits per heavy atom. The summed E-state index contributed by atoms with van der Waals surface area (Å²) in [5, 5.41) is 5.79. The normalized spacial score (nSPS) is 18.4. The van der Waals surface area contributed by atoms with E-state index in [2.05, 4.69) is 64.7 Å². The number of rotatable bonds is 6. The maximum Gasteiger partial charge on any atom is 0.230 e. The highest BCUT2D eigenvalue weighted by molar-refractivity contribution is 7.13. The number of nitrogens with zero attached hydrogens (tertiary/aromatic N) is 3. The largest absolute Gasteiger partial charge is 0.302 e. The molecule has 0 saturated heterocycles. The summed E-state index contributed by atoms with van der Waals surface area (Å²) in [5.74, 6) is -0.238. The van der Waals surface area contributed by atoms with E-state index in [-0.39, 0.29) is 11.8 Å². The van der Waals surface area contributed by atoms with Gasteiger partial charge < -0.3 is 5.32 Å². The van der Waals surface area contributed by atoms with Gasteiger partial charge in [0.05, 0.1) is 11.6 Å². The van der Waals surface area contributed by atoms with Gasteiger partial charge in [-0.1, -0.05) is 55.5 Å². The molecule has 2 unspecified atom stereocenters. The first-order valence-corrected chi connectivity index (χ1v) is 13.2. The number of aromatic nitrogens is 3.